The van der Waals surface area contributed by atoms with Gasteiger partial charge < -0.3 is 10.1 Å². The van der Waals surface area contributed by atoms with Crippen LogP contribution in [0.3, 0.4) is 0 Å². The lowest BCUT2D eigenvalue weighted by atomic mass is 10.4. The van der Waals surface area contributed by atoms with Crippen LogP contribution in [0.25, 0.3) is 0 Å². The van der Waals surface area contributed by atoms with Gasteiger partial charge >= 0.3 is 12.3 Å². The molecule has 1 aromatic rings. The predicted molar refractivity (Wildman–Crippen MR) is 60.3 cm³/mol. The number of halogens is 5. The highest BCUT2D eigenvalue weighted by Gasteiger charge is 2.42. The summed E-state index contributed by atoms with van der Waals surface area (Å²) in [7, 11) is 0. The molecule has 0 spiro atoms. The molecule has 0 bridgehead atoms. The van der Waals surface area contributed by atoms with Crippen LogP contribution < -0.4 is 10.1 Å². The van der Waals surface area contributed by atoms with Crippen molar-refractivity contribution in [2.24, 2.45) is 0 Å². The number of aromatic nitrogens is 2. The van der Waals surface area contributed by atoms with Crippen molar-refractivity contribution in [2.45, 2.75) is 19.3 Å². The second kappa shape index (κ2) is 6.17. The van der Waals surface area contributed by atoms with E-state index in [4.69, 9.17) is 0 Å². The summed E-state index contributed by atoms with van der Waals surface area (Å²) in [6, 6.07) is 0. The predicted octanol–water partition coefficient (Wildman–Crippen LogP) is 2.95. The van der Waals surface area contributed by atoms with E-state index in [2.05, 4.69) is 36.0 Å². The molecule has 0 fully saturated rings. The first-order valence-electron chi connectivity index (χ1n) is 4.91. The summed E-state index contributed by atoms with van der Waals surface area (Å²) in [5.74, 6) is -4.10. The molecule has 0 radical (unpaired) electrons. The van der Waals surface area contributed by atoms with E-state index in [9.17, 15) is 17.6 Å². The Morgan fingerprint density at radius 2 is 2.11 bits per heavy atom. The number of anilines is 1. The molecule has 1 N–H and O–H groups in total. The lowest BCUT2D eigenvalue weighted by molar-refractivity contribution is -0.148. The van der Waals surface area contributed by atoms with Gasteiger partial charge in [0.1, 0.15) is 16.6 Å². The molecule has 1 rings (SSSR count). The summed E-state index contributed by atoms with van der Waals surface area (Å²) in [6.07, 6.45) is -2.70. The number of ether oxygens (including phenoxy) is 1. The highest BCUT2D eigenvalue weighted by molar-refractivity contribution is 9.10. The van der Waals surface area contributed by atoms with E-state index in [1.54, 1.807) is 6.92 Å². The molecule has 18 heavy (non-hydrogen) atoms. The summed E-state index contributed by atoms with van der Waals surface area (Å²) >= 11 is 3.04. The van der Waals surface area contributed by atoms with Crippen LogP contribution in [0, 0.1) is 0 Å². The zero-order chi connectivity index (χ0) is 13.8. The van der Waals surface area contributed by atoms with Crippen molar-refractivity contribution >= 4 is 21.7 Å². The van der Waals surface area contributed by atoms with Crippen LogP contribution >= 0.6 is 15.9 Å². The fourth-order valence-corrected chi connectivity index (χ4v) is 1.43. The Hall–Kier alpha value is -1.12. The van der Waals surface area contributed by atoms with Gasteiger partial charge in [0.15, 0.2) is 6.61 Å². The second-order valence-electron chi connectivity index (χ2n) is 3.22. The molecule has 0 saturated carbocycles. The lowest BCUT2D eigenvalue weighted by Gasteiger charge is -2.16. The molecular weight excluding hydrogens is 322 g/mol. The summed E-state index contributed by atoms with van der Waals surface area (Å²) in [6.45, 7) is 0.897. The van der Waals surface area contributed by atoms with Crippen molar-refractivity contribution in [3.8, 4) is 5.88 Å². The fraction of sp³-hybridized carbons (Fsp3) is 0.556. The topological polar surface area (TPSA) is 47.0 Å². The molecule has 0 unspecified atom stereocenters. The van der Waals surface area contributed by atoms with Gasteiger partial charge in [-0.2, -0.15) is 8.78 Å². The number of hydrogen-bond acceptors (Lipinski definition) is 4. The molecule has 102 valence electrons. The van der Waals surface area contributed by atoms with Gasteiger partial charge in [0.2, 0.25) is 5.88 Å². The van der Waals surface area contributed by atoms with Gasteiger partial charge in [-0.3, -0.25) is 0 Å². The highest BCUT2D eigenvalue weighted by atomic mass is 79.9. The average molecular weight is 332 g/mol. The third-order valence-electron chi connectivity index (χ3n) is 1.82. The van der Waals surface area contributed by atoms with Gasteiger partial charge in [-0.15, -0.1) is 0 Å². The number of rotatable bonds is 6. The van der Waals surface area contributed by atoms with Crippen LogP contribution in [-0.4, -0.2) is 35.5 Å². The Labute approximate surface area is 109 Å². The first-order valence-corrected chi connectivity index (χ1v) is 5.71. The molecule has 0 aliphatic carbocycles. The van der Waals surface area contributed by atoms with E-state index < -0.39 is 19.0 Å². The minimum atomic E-state index is -4.22. The number of nitrogens with one attached hydrogen (secondary N) is 1. The summed E-state index contributed by atoms with van der Waals surface area (Å²) in [5.41, 5.74) is 0. The number of hydrogen-bond donors (Lipinski definition) is 1. The van der Waals surface area contributed by atoms with Crippen LogP contribution in [0.1, 0.15) is 6.92 Å². The molecule has 9 heteroatoms. The van der Waals surface area contributed by atoms with Crippen LogP contribution in [-0.2, 0) is 0 Å². The van der Waals surface area contributed by atoms with E-state index in [1.807, 2.05) is 0 Å². The molecular formula is C9H10BrF4N3O. The highest BCUT2D eigenvalue weighted by Crippen LogP contribution is 2.30. The molecule has 0 amide bonds. The molecule has 0 aromatic carbocycles. The third kappa shape index (κ3) is 3.69. The SMILES string of the molecule is CCNc1ncnc(OCC(F)(F)C(F)F)c1Br. The van der Waals surface area contributed by atoms with E-state index in [0.717, 1.165) is 6.33 Å². The quantitative estimate of drug-likeness (QED) is 0.814. The Kier molecular flexibility index (Phi) is 5.12. The Morgan fingerprint density at radius 1 is 1.44 bits per heavy atom. The Bertz CT molecular complexity index is 405. The largest absolute Gasteiger partial charge is 0.470 e. The molecule has 4 nitrogen and oxygen atoms in total. The number of alkyl halides is 4. The van der Waals surface area contributed by atoms with Gasteiger partial charge in [-0.25, -0.2) is 18.7 Å². The van der Waals surface area contributed by atoms with E-state index >= 15 is 0 Å². The summed E-state index contributed by atoms with van der Waals surface area (Å²) in [4.78, 5) is 7.41. The fourth-order valence-electron chi connectivity index (χ4n) is 0.973. The zero-order valence-electron chi connectivity index (χ0n) is 9.26. The first kappa shape index (κ1) is 14.9. The first-order chi connectivity index (χ1) is 8.38. The third-order valence-corrected chi connectivity index (χ3v) is 2.54. The normalized spacial score (nSPS) is 11.7. The van der Waals surface area contributed by atoms with E-state index in [-0.39, 0.29) is 10.4 Å². The van der Waals surface area contributed by atoms with Gasteiger partial charge in [0, 0.05) is 6.54 Å². The van der Waals surface area contributed by atoms with Crippen LogP contribution in [0.4, 0.5) is 23.4 Å². The standard InChI is InChI=1S/C9H10BrF4N3O/c1-2-15-6-5(10)7(17-4-16-6)18-3-9(13,14)8(11)12/h4,8H,2-3H2,1H3,(H,15,16,17). The minimum Gasteiger partial charge on any atom is -0.470 e. The number of nitrogens with zero attached hydrogens (tertiary/aromatic N) is 2. The van der Waals surface area contributed by atoms with Crippen molar-refractivity contribution < 1.29 is 22.3 Å². The molecule has 1 heterocycles. The summed E-state index contributed by atoms with van der Waals surface area (Å²) < 4.78 is 54.0. The monoisotopic (exact) mass is 331 g/mol. The van der Waals surface area contributed by atoms with Crippen molar-refractivity contribution in [2.75, 3.05) is 18.5 Å². The molecule has 0 atom stereocenters. The maximum absolute atomic E-state index is 12.7. The molecule has 1 aromatic heterocycles. The molecule has 0 saturated heterocycles. The van der Waals surface area contributed by atoms with Crippen molar-refractivity contribution in [3.63, 3.8) is 0 Å². The van der Waals surface area contributed by atoms with Gasteiger partial charge in [0.05, 0.1) is 0 Å². The summed E-state index contributed by atoms with van der Waals surface area (Å²) in [5, 5.41) is 2.82. The van der Waals surface area contributed by atoms with Crippen molar-refractivity contribution in [1.82, 2.24) is 9.97 Å². The Balaban J connectivity index is 2.77. The van der Waals surface area contributed by atoms with E-state index in [1.165, 1.54) is 0 Å². The zero-order valence-corrected chi connectivity index (χ0v) is 10.8. The Morgan fingerprint density at radius 3 is 2.67 bits per heavy atom. The lowest BCUT2D eigenvalue weighted by Crippen LogP contribution is -2.34. The van der Waals surface area contributed by atoms with Gasteiger partial charge in [-0.1, -0.05) is 0 Å². The van der Waals surface area contributed by atoms with Crippen LogP contribution in [0.5, 0.6) is 5.88 Å². The molecule has 0 aliphatic heterocycles. The second-order valence-corrected chi connectivity index (χ2v) is 4.02. The van der Waals surface area contributed by atoms with Crippen molar-refractivity contribution in [3.05, 3.63) is 10.8 Å². The average Bonchev–Trinajstić information content (AvgIpc) is 2.30. The minimum absolute atomic E-state index is 0.205. The van der Waals surface area contributed by atoms with Crippen LogP contribution in [0.2, 0.25) is 0 Å². The van der Waals surface area contributed by atoms with Gasteiger partial charge in [-0.05, 0) is 22.9 Å². The maximum atomic E-state index is 12.7. The van der Waals surface area contributed by atoms with E-state index in [0.29, 0.717) is 12.4 Å². The van der Waals surface area contributed by atoms with Gasteiger partial charge in [0.25, 0.3) is 0 Å². The maximum Gasteiger partial charge on any atom is 0.340 e. The smallest absolute Gasteiger partial charge is 0.340 e. The van der Waals surface area contributed by atoms with Crippen molar-refractivity contribution in [1.29, 1.82) is 0 Å². The van der Waals surface area contributed by atoms with Crippen LogP contribution in [0.15, 0.2) is 10.8 Å². The molecule has 0 aliphatic rings.